The molecule has 0 aliphatic heterocycles. The van der Waals surface area contributed by atoms with E-state index in [0.29, 0.717) is 11.1 Å². The lowest BCUT2D eigenvalue weighted by atomic mass is 9.91. The average molecular weight is 383 g/mol. The average Bonchev–Trinajstić information content (AvgIpc) is 2.69. The summed E-state index contributed by atoms with van der Waals surface area (Å²) in [6, 6.07) is 15.1. The van der Waals surface area contributed by atoms with Crippen molar-refractivity contribution in [2.45, 2.75) is 6.10 Å². The highest BCUT2D eigenvalue weighted by Gasteiger charge is 2.25. The van der Waals surface area contributed by atoms with Gasteiger partial charge in [0.1, 0.15) is 17.7 Å². The largest absolute Gasteiger partial charge is 0.507 e. The highest BCUT2D eigenvalue weighted by molar-refractivity contribution is 6.32. The number of nitrogens with one attached hydrogen (secondary N) is 1. The second kappa shape index (κ2) is 8.12. The molecule has 0 spiro atoms. The van der Waals surface area contributed by atoms with Crippen molar-refractivity contribution >= 4 is 23.1 Å². The minimum Gasteiger partial charge on any atom is -0.507 e. The van der Waals surface area contributed by atoms with Gasteiger partial charge in [-0.3, -0.25) is 10.4 Å². The zero-order valence-corrected chi connectivity index (χ0v) is 14.9. The number of nitrogens with zero attached hydrogens (tertiary/aromatic N) is 1. The first kappa shape index (κ1) is 18.8. The number of pyridine rings is 1. The standard InChI is InChI=1S/C21H16ClFN2O2/c22-17-6-2-1-5-16(17)21(27)18(20(26)14-4-3-11-25-12-14)19(24)13-7-9-15(23)10-8-13/h1-12,20,24,26-27H/b21-18+,24-19?. The zero-order valence-electron chi connectivity index (χ0n) is 14.1. The Morgan fingerprint density at radius 1 is 1.04 bits per heavy atom. The Kier molecular flexibility index (Phi) is 5.64. The minimum absolute atomic E-state index is 0.0530. The van der Waals surface area contributed by atoms with Gasteiger partial charge in [0.15, 0.2) is 0 Å². The highest BCUT2D eigenvalue weighted by atomic mass is 35.5. The molecule has 1 unspecified atom stereocenters. The fraction of sp³-hybridized carbons (Fsp3) is 0.0476. The van der Waals surface area contributed by atoms with E-state index in [-0.39, 0.29) is 27.6 Å². The van der Waals surface area contributed by atoms with E-state index in [4.69, 9.17) is 17.0 Å². The van der Waals surface area contributed by atoms with Gasteiger partial charge in [-0.05, 0) is 42.5 Å². The summed E-state index contributed by atoms with van der Waals surface area (Å²) >= 11 is 6.18. The number of hydrogen-bond donors (Lipinski definition) is 3. The number of aromatic nitrogens is 1. The predicted octanol–water partition coefficient (Wildman–Crippen LogP) is 4.94. The van der Waals surface area contributed by atoms with Crippen LogP contribution in [0.5, 0.6) is 0 Å². The van der Waals surface area contributed by atoms with Gasteiger partial charge in [0, 0.05) is 29.1 Å². The summed E-state index contributed by atoms with van der Waals surface area (Å²) in [7, 11) is 0. The molecule has 0 amide bonds. The van der Waals surface area contributed by atoms with Crippen LogP contribution >= 0.6 is 11.6 Å². The molecule has 136 valence electrons. The third-order valence-corrected chi connectivity index (χ3v) is 4.39. The summed E-state index contributed by atoms with van der Waals surface area (Å²) < 4.78 is 13.2. The predicted molar refractivity (Wildman–Crippen MR) is 103 cm³/mol. The molecule has 1 atom stereocenters. The number of benzene rings is 2. The summed E-state index contributed by atoms with van der Waals surface area (Å²) in [6.45, 7) is 0. The van der Waals surface area contributed by atoms with Gasteiger partial charge >= 0.3 is 0 Å². The van der Waals surface area contributed by atoms with Crippen LogP contribution in [0.1, 0.15) is 22.8 Å². The molecule has 0 bridgehead atoms. The third kappa shape index (κ3) is 4.05. The molecule has 3 rings (SSSR count). The molecule has 3 N–H and O–H groups in total. The maximum atomic E-state index is 13.2. The van der Waals surface area contributed by atoms with Crippen LogP contribution in [0.4, 0.5) is 4.39 Å². The van der Waals surface area contributed by atoms with Gasteiger partial charge < -0.3 is 10.2 Å². The second-order valence-corrected chi connectivity index (χ2v) is 6.22. The van der Waals surface area contributed by atoms with Crippen molar-refractivity contribution in [2.24, 2.45) is 0 Å². The lowest BCUT2D eigenvalue weighted by Gasteiger charge is -2.19. The van der Waals surface area contributed by atoms with Crippen molar-refractivity contribution in [3.8, 4) is 0 Å². The Balaban J connectivity index is 2.17. The van der Waals surface area contributed by atoms with Crippen LogP contribution < -0.4 is 0 Å². The molecule has 0 radical (unpaired) electrons. The molecule has 0 aliphatic rings. The smallest absolute Gasteiger partial charge is 0.132 e. The fourth-order valence-corrected chi connectivity index (χ4v) is 2.88. The van der Waals surface area contributed by atoms with E-state index in [2.05, 4.69) is 4.98 Å². The monoisotopic (exact) mass is 382 g/mol. The Bertz CT molecular complexity index is 989. The lowest BCUT2D eigenvalue weighted by Crippen LogP contribution is -2.15. The number of aliphatic hydroxyl groups excluding tert-OH is 2. The number of rotatable bonds is 5. The van der Waals surface area contributed by atoms with Gasteiger partial charge in [0.05, 0.1) is 16.3 Å². The maximum Gasteiger partial charge on any atom is 0.132 e. The fourth-order valence-electron chi connectivity index (χ4n) is 2.66. The Morgan fingerprint density at radius 3 is 2.37 bits per heavy atom. The van der Waals surface area contributed by atoms with Crippen LogP contribution in [0.2, 0.25) is 5.02 Å². The van der Waals surface area contributed by atoms with Gasteiger partial charge in [0.25, 0.3) is 0 Å². The molecular formula is C21H16ClFN2O2. The van der Waals surface area contributed by atoms with Crippen molar-refractivity contribution < 1.29 is 14.6 Å². The minimum atomic E-state index is -1.33. The quantitative estimate of drug-likeness (QED) is 0.432. The molecule has 0 aliphatic carbocycles. The van der Waals surface area contributed by atoms with E-state index in [9.17, 15) is 14.6 Å². The summed E-state index contributed by atoms with van der Waals surface area (Å²) in [5.41, 5.74) is 0.821. The summed E-state index contributed by atoms with van der Waals surface area (Å²) in [6.07, 6.45) is 1.67. The molecule has 0 saturated carbocycles. The molecule has 2 aromatic carbocycles. The van der Waals surface area contributed by atoms with Crippen LogP contribution in [-0.4, -0.2) is 20.9 Å². The number of hydrogen-bond acceptors (Lipinski definition) is 4. The van der Waals surface area contributed by atoms with E-state index in [1.807, 2.05) is 0 Å². The molecule has 0 fully saturated rings. The van der Waals surface area contributed by atoms with Crippen molar-refractivity contribution in [3.05, 3.63) is 106 Å². The second-order valence-electron chi connectivity index (χ2n) is 5.81. The van der Waals surface area contributed by atoms with E-state index >= 15 is 0 Å². The first-order chi connectivity index (χ1) is 13.0. The molecule has 27 heavy (non-hydrogen) atoms. The van der Waals surface area contributed by atoms with Crippen LogP contribution in [-0.2, 0) is 0 Å². The molecule has 0 saturated heterocycles. The molecule has 4 nitrogen and oxygen atoms in total. The van der Waals surface area contributed by atoms with Gasteiger partial charge in [-0.15, -0.1) is 0 Å². The Morgan fingerprint density at radius 2 is 1.74 bits per heavy atom. The van der Waals surface area contributed by atoms with Gasteiger partial charge in [0.2, 0.25) is 0 Å². The SMILES string of the molecule is N=C(/C(=C(\O)c1ccccc1Cl)C(O)c1cccnc1)c1ccc(F)cc1. The van der Waals surface area contributed by atoms with Gasteiger partial charge in [-0.25, -0.2) is 4.39 Å². The van der Waals surface area contributed by atoms with E-state index in [1.165, 1.54) is 30.5 Å². The molecule has 3 aromatic rings. The first-order valence-corrected chi connectivity index (χ1v) is 8.47. The van der Waals surface area contributed by atoms with Crippen LogP contribution in [0, 0.1) is 11.2 Å². The Labute approximate surface area is 160 Å². The molecule has 1 heterocycles. The summed E-state index contributed by atoms with van der Waals surface area (Å²) in [4.78, 5) is 3.97. The lowest BCUT2D eigenvalue weighted by molar-refractivity contribution is 0.219. The molecule has 6 heteroatoms. The molecule has 1 aromatic heterocycles. The van der Waals surface area contributed by atoms with Crippen molar-refractivity contribution in [1.29, 1.82) is 5.41 Å². The van der Waals surface area contributed by atoms with Crippen molar-refractivity contribution in [2.75, 3.05) is 0 Å². The van der Waals surface area contributed by atoms with Crippen LogP contribution in [0.3, 0.4) is 0 Å². The first-order valence-electron chi connectivity index (χ1n) is 8.10. The van der Waals surface area contributed by atoms with Crippen molar-refractivity contribution in [1.82, 2.24) is 4.98 Å². The van der Waals surface area contributed by atoms with Gasteiger partial charge in [-0.2, -0.15) is 0 Å². The zero-order chi connectivity index (χ0) is 19.4. The Hall–Kier alpha value is -3.02. The summed E-state index contributed by atoms with van der Waals surface area (Å²) in [5, 5.41) is 30.6. The highest BCUT2D eigenvalue weighted by Crippen LogP contribution is 2.33. The van der Waals surface area contributed by atoms with Gasteiger partial charge in [-0.1, -0.05) is 29.8 Å². The van der Waals surface area contributed by atoms with Crippen LogP contribution in [0.25, 0.3) is 5.76 Å². The maximum absolute atomic E-state index is 13.2. The van der Waals surface area contributed by atoms with Crippen LogP contribution in [0.15, 0.2) is 78.6 Å². The van der Waals surface area contributed by atoms with E-state index in [0.717, 1.165) is 0 Å². The summed E-state index contributed by atoms with van der Waals surface area (Å²) in [5.74, 6) is -0.772. The topological polar surface area (TPSA) is 77.2 Å². The van der Waals surface area contributed by atoms with E-state index < -0.39 is 11.9 Å². The van der Waals surface area contributed by atoms with E-state index in [1.54, 1.807) is 42.6 Å². The molecular weight excluding hydrogens is 367 g/mol. The number of halogens is 2. The number of aliphatic hydroxyl groups is 2. The third-order valence-electron chi connectivity index (χ3n) is 4.06. The normalized spacial score (nSPS) is 13.0. The van der Waals surface area contributed by atoms with Crippen molar-refractivity contribution in [3.63, 3.8) is 0 Å².